The van der Waals surface area contributed by atoms with E-state index in [2.05, 4.69) is 14.7 Å². The summed E-state index contributed by atoms with van der Waals surface area (Å²) >= 11 is 0. The van der Waals surface area contributed by atoms with Crippen molar-refractivity contribution in [3.63, 3.8) is 0 Å². The Morgan fingerprint density at radius 2 is 1.55 bits per heavy atom. The second-order valence-electron chi connectivity index (χ2n) is 7.53. The smallest absolute Gasteiger partial charge is 0.305 e. The molecule has 7 heteroatoms. The number of rotatable bonds is 9. The van der Waals surface area contributed by atoms with Gasteiger partial charge in [0.1, 0.15) is 5.75 Å². The van der Waals surface area contributed by atoms with Crippen LogP contribution in [0, 0.1) is 0 Å². The second kappa shape index (κ2) is 8.95. The second-order valence-corrected chi connectivity index (χ2v) is 7.53. The number of esters is 1. The minimum Gasteiger partial charge on any atom is -0.494 e. The fraction of sp³-hybridized carbons (Fsp3) is 0.250. The molecule has 0 unspecified atom stereocenters. The van der Waals surface area contributed by atoms with Crippen LogP contribution in [0.15, 0.2) is 48.5 Å². The molecule has 4 N–H and O–H groups in total. The summed E-state index contributed by atoms with van der Waals surface area (Å²) in [7, 11) is 1.40. The monoisotopic (exact) mass is 419 g/mol. The Morgan fingerprint density at radius 1 is 0.871 bits per heavy atom. The minimum absolute atomic E-state index is 0.112. The molecule has 0 aliphatic heterocycles. The van der Waals surface area contributed by atoms with Crippen LogP contribution in [0.4, 0.5) is 5.69 Å². The number of anilines is 1. The van der Waals surface area contributed by atoms with E-state index in [1.54, 1.807) is 6.07 Å². The van der Waals surface area contributed by atoms with Gasteiger partial charge in [0.2, 0.25) is 5.78 Å². The Kier molecular flexibility index (Phi) is 5.93. The lowest BCUT2D eigenvalue weighted by Gasteiger charge is -2.06. The quantitative estimate of drug-likeness (QED) is 0.159. The van der Waals surface area contributed by atoms with Crippen molar-refractivity contribution in [3.05, 3.63) is 59.9 Å². The molecule has 7 nitrogen and oxygen atoms in total. The first-order chi connectivity index (χ1) is 15.0. The number of ether oxygens (including phenoxy) is 2. The number of ketones is 1. The largest absolute Gasteiger partial charge is 0.494 e. The molecule has 0 spiro atoms. The van der Waals surface area contributed by atoms with Gasteiger partial charge < -0.3 is 25.2 Å². The molecular formula is C24H25N3O4. The third-order valence-electron chi connectivity index (χ3n) is 5.25. The Bertz CT molecular complexity index is 1240. The van der Waals surface area contributed by atoms with Crippen LogP contribution in [0.3, 0.4) is 0 Å². The Labute approximate surface area is 179 Å². The average Bonchev–Trinajstić information content (AvgIpc) is 3.38. The molecule has 31 heavy (non-hydrogen) atoms. The third kappa shape index (κ3) is 4.71. The Morgan fingerprint density at radius 3 is 2.26 bits per heavy atom. The first-order valence-electron chi connectivity index (χ1n) is 10.3. The van der Waals surface area contributed by atoms with Crippen LogP contribution in [0.1, 0.15) is 41.9 Å². The van der Waals surface area contributed by atoms with E-state index < -0.39 is 0 Å². The summed E-state index contributed by atoms with van der Waals surface area (Å²) in [5.41, 5.74) is 9.25. The van der Waals surface area contributed by atoms with Gasteiger partial charge in [0.15, 0.2) is 0 Å². The SMILES string of the molecule is COC(=O)CCCCCOc1ccc2[nH]c(C(=O)c3cc4cc(N)ccc4[nH]3)cc2c1. The molecule has 2 aromatic heterocycles. The standard InChI is InChI=1S/C24H25N3O4/c1-30-23(28)5-3-2-4-10-31-18-7-9-20-16(12-18)14-22(27-20)24(29)21-13-15-11-17(25)6-8-19(15)26-21/h6-9,11-14,26-27H,2-5,10,25H2,1H3. The zero-order valence-electron chi connectivity index (χ0n) is 17.4. The van der Waals surface area contributed by atoms with Gasteiger partial charge in [-0.1, -0.05) is 0 Å². The number of hydrogen-bond donors (Lipinski definition) is 3. The molecule has 4 rings (SSSR count). The number of fused-ring (bicyclic) bond motifs is 2. The number of aromatic amines is 2. The Hall–Kier alpha value is -3.74. The van der Waals surface area contributed by atoms with Crippen molar-refractivity contribution >= 4 is 39.2 Å². The van der Waals surface area contributed by atoms with Crippen LogP contribution in [0.25, 0.3) is 21.8 Å². The van der Waals surface area contributed by atoms with E-state index in [0.717, 1.165) is 46.8 Å². The van der Waals surface area contributed by atoms with Gasteiger partial charge in [-0.3, -0.25) is 9.59 Å². The Balaban J connectivity index is 1.40. The van der Waals surface area contributed by atoms with Gasteiger partial charge in [0, 0.05) is 33.9 Å². The van der Waals surface area contributed by atoms with Crippen molar-refractivity contribution in [2.24, 2.45) is 0 Å². The summed E-state index contributed by atoms with van der Waals surface area (Å²) in [4.78, 5) is 30.4. The highest BCUT2D eigenvalue weighted by Gasteiger charge is 2.15. The van der Waals surface area contributed by atoms with Gasteiger partial charge in [-0.2, -0.15) is 0 Å². The minimum atomic E-state index is -0.180. The zero-order valence-corrected chi connectivity index (χ0v) is 17.4. The highest BCUT2D eigenvalue weighted by molar-refractivity contribution is 6.11. The molecule has 160 valence electrons. The lowest BCUT2D eigenvalue weighted by atomic mass is 10.2. The van der Waals surface area contributed by atoms with Gasteiger partial charge in [-0.15, -0.1) is 0 Å². The number of nitrogens with two attached hydrogens (primary N) is 1. The number of carbonyl (C=O) groups is 2. The van der Waals surface area contributed by atoms with E-state index in [-0.39, 0.29) is 11.8 Å². The van der Waals surface area contributed by atoms with E-state index in [9.17, 15) is 9.59 Å². The summed E-state index contributed by atoms with van der Waals surface area (Å²) in [5.74, 6) is 0.458. The van der Waals surface area contributed by atoms with Crippen LogP contribution >= 0.6 is 0 Å². The van der Waals surface area contributed by atoms with E-state index in [1.807, 2.05) is 42.5 Å². The van der Waals surface area contributed by atoms with Crippen molar-refractivity contribution < 1.29 is 19.1 Å². The number of methoxy groups -OCH3 is 1. The van der Waals surface area contributed by atoms with Crippen LogP contribution in [0.5, 0.6) is 5.75 Å². The molecule has 0 aliphatic carbocycles. The maximum atomic E-state index is 12.9. The lowest BCUT2D eigenvalue weighted by molar-refractivity contribution is -0.140. The number of hydrogen-bond acceptors (Lipinski definition) is 5. The number of unbranched alkanes of at least 4 members (excludes halogenated alkanes) is 2. The highest BCUT2D eigenvalue weighted by atomic mass is 16.5. The predicted octanol–water partition coefficient (Wildman–Crippen LogP) is 4.57. The normalized spacial score (nSPS) is 11.1. The van der Waals surface area contributed by atoms with Gasteiger partial charge in [0.05, 0.1) is 25.1 Å². The maximum absolute atomic E-state index is 12.9. The van der Waals surface area contributed by atoms with E-state index in [0.29, 0.717) is 30.1 Å². The van der Waals surface area contributed by atoms with Crippen LogP contribution in [0.2, 0.25) is 0 Å². The van der Waals surface area contributed by atoms with Gasteiger partial charge >= 0.3 is 5.97 Å². The molecule has 0 fully saturated rings. The number of nitrogen functional groups attached to an aromatic ring is 1. The number of carbonyl (C=O) groups excluding carboxylic acids is 2. The van der Waals surface area contributed by atoms with Gasteiger partial charge in [0.25, 0.3) is 0 Å². The van der Waals surface area contributed by atoms with E-state index >= 15 is 0 Å². The number of H-pyrrole nitrogens is 2. The molecule has 0 amide bonds. The average molecular weight is 419 g/mol. The number of nitrogens with one attached hydrogen (secondary N) is 2. The molecular weight excluding hydrogens is 394 g/mol. The summed E-state index contributed by atoms with van der Waals surface area (Å²) in [5, 5.41) is 1.81. The third-order valence-corrected chi connectivity index (χ3v) is 5.25. The molecule has 0 saturated heterocycles. The maximum Gasteiger partial charge on any atom is 0.305 e. The van der Waals surface area contributed by atoms with Crippen molar-refractivity contribution in [1.29, 1.82) is 0 Å². The predicted molar refractivity (Wildman–Crippen MR) is 120 cm³/mol. The molecule has 4 aromatic rings. The molecule has 0 radical (unpaired) electrons. The van der Waals surface area contributed by atoms with Crippen molar-refractivity contribution in [2.45, 2.75) is 25.7 Å². The summed E-state index contributed by atoms with van der Waals surface area (Å²) in [6.07, 6.45) is 2.98. The molecule has 0 bridgehead atoms. The molecule has 0 aliphatic rings. The topological polar surface area (TPSA) is 110 Å². The van der Waals surface area contributed by atoms with Crippen molar-refractivity contribution in [2.75, 3.05) is 19.5 Å². The first kappa shape index (κ1) is 20.5. The summed E-state index contributed by atoms with van der Waals surface area (Å²) in [6, 6.07) is 14.9. The molecule has 2 aromatic carbocycles. The van der Waals surface area contributed by atoms with Gasteiger partial charge in [-0.05, 0) is 67.8 Å². The number of benzene rings is 2. The fourth-order valence-electron chi connectivity index (χ4n) is 3.58. The van der Waals surface area contributed by atoms with Crippen molar-refractivity contribution in [3.8, 4) is 5.75 Å². The van der Waals surface area contributed by atoms with E-state index in [4.69, 9.17) is 10.5 Å². The van der Waals surface area contributed by atoms with Gasteiger partial charge in [-0.25, -0.2) is 0 Å². The lowest BCUT2D eigenvalue weighted by Crippen LogP contribution is -2.01. The van der Waals surface area contributed by atoms with Crippen LogP contribution in [-0.4, -0.2) is 35.4 Å². The highest BCUT2D eigenvalue weighted by Crippen LogP contribution is 2.25. The van der Waals surface area contributed by atoms with Crippen LogP contribution < -0.4 is 10.5 Å². The molecule has 0 atom stereocenters. The van der Waals surface area contributed by atoms with Crippen molar-refractivity contribution in [1.82, 2.24) is 9.97 Å². The summed E-state index contributed by atoms with van der Waals surface area (Å²) < 4.78 is 10.4. The van der Waals surface area contributed by atoms with Crippen LogP contribution in [-0.2, 0) is 9.53 Å². The first-order valence-corrected chi connectivity index (χ1v) is 10.3. The molecule has 0 saturated carbocycles. The fourth-order valence-corrected chi connectivity index (χ4v) is 3.58. The zero-order chi connectivity index (χ0) is 21.8. The molecule has 2 heterocycles. The number of aromatic nitrogens is 2. The summed E-state index contributed by atoms with van der Waals surface area (Å²) in [6.45, 7) is 0.571. The van der Waals surface area contributed by atoms with E-state index in [1.165, 1.54) is 7.11 Å².